The monoisotopic (exact) mass is 283 g/mol. The first-order valence-corrected chi connectivity index (χ1v) is 7.48. The number of amides is 2. The van der Waals surface area contributed by atoms with Gasteiger partial charge in [0.05, 0.1) is 4.90 Å². The van der Waals surface area contributed by atoms with Crippen LogP contribution in [0.2, 0.25) is 0 Å². The predicted octanol–water partition coefficient (Wildman–Crippen LogP) is 1.04. The minimum absolute atomic E-state index is 0.000882. The fraction of sp³-hybridized carbons (Fsp3) is 0.417. The van der Waals surface area contributed by atoms with Crippen LogP contribution < -0.4 is 15.8 Å². The summed E-state index contributed by atoms with van der Waals surface area (Å²) in [6.07, 6.45) is 1.79. The molecule has 0 heterocycles. The highest BCUT2D eigenvalue weighted by molar-refractivity contribution is 7.90. The van der Waals surface area contributed by atoms with Gasteiger partial charge in [-0.2, -0.15) is 0 Å². The minimum atomic E-state index is -3.88. The zero-order valence-corrected chi connectivity index (χ0v) is 11.7. The van der Waals surface area contributed by atoms with Gasteiger partial charge in [0.15, 0.2) is 0 Å². The van der Waals surface area contributed by atoms with Gasteiger partial charge in [0.25, 0.3) is 10.0 Å². The molecule has 0 bridgehead atoms. The highest BCUT2D eigenvalue weighted by atomic mass is 32.2. The summed E-state index contributed by atoms with van der Waals surface area (Å²) in [4.78, 5) is 11.5. The molecule has 1 fully saturated rings. The lowest BCUT2D eigenvalue weighted by Gasteiger charge is -2.11. The van der Waals surface area contributed by atoms with E-state index in [4.69, 9.17) is 5.73 Å². The van der Waals surface area contributed by atoms with Gasteiger partial charge >= 0.3 is 6.03 Å². The third-order valence-electron chi connectivity index (χ3n) is 3.13. The molecule has 1 saturated carbocycles. The third-order valence-corrected chi connectivity index (χ3v) is 4.44. The van der Waals surface area contributed by atoms with Crippen molar-refractivity contribution in [3.63, 3.8) is 0 Å². The Morgan fingerprint density at radius 3 is 2.47 bits per heavy atom. The molecule has 104 valence electrons. The summed E-state index contributed by atoms with van der Waals surface area (Å²) in [5, 5.41) is 2.56. The van der Waals surface area contributed by atoms with E-state index in [0.717, 1.165) is 24.0 Å². The second-order valence-electron chi connectivity index (χ2n) is 4.81. The van der Waals surface area contributed by atoms with E-state index in [1.165, 1.54) is 12.1 Å². The Balaban J connectivity index is 2.21. The van der Waals surface area contributed by atoms with Crippen molar-refractivity contribution >= 4 is 21.7 Å². The van der Waals surface area contributed by atoms with Gasteiger partial charge in [0, 0.05) is 11.7 Å². The number of carbonyl (C=O) groups is 1. The molecule has 0 unspecified atom stereocenters. The molecule has 0 aromatic heterocycles. The molecule has 7 heteroatoms. The van der Waals surface area contributed by atoms with Crippen molar-refractivity contribution < 1.29 is 13.2 Å². The summed E-state index contributed by atoms with van der Waals surface area (Å²) in [6, 6.07) is 2.26. The quantitative estimate of drug-likeness (QED) is 0.721. The molecule has 0 saturated heterocycles. The van der Waals surface area contributed by atoms with Crippen LogP contribution in [0.5, 0.6) is 0 Å². The maximum atomic E-state index is 12.0. The fourth-order valence-electron chi connectivity index (χ4n) is 1.63. The number of nitrogens with one attached hydrogen (secondary N) is 2. The Bertz CT molecular complexity index is 598. The molecule has 6 nitrogen and oxygen atoms in total. The first kappa shape index (κ1) is 13.7. The maximum absolute atomic E-state index is 12.0. The van der Waals surface area contributed by atoms with E-state index in [-0.39, 0.29) is 10.9 Å². The number of rotatable bonds is 3. The van der Waals surface area contributed by atoms with Crippen LogP contribution >= 0.6 is 0 Å². The fourth-order valence-corrected chi connectivity index (χ4v) is 2.67. The van der Waals surface area contributed by atoms with Crippen molar-refractivity contribution in [2.75, 3.05) is 5.73 Å². The van der Waals surface area contributed by atoms with E-state index >= 15 is 0 Å². The maximum Gasteiger partial charge on any atom is 0.328 e. The first-order chi connectivity index (χ1) is 8.79. The van der Waals surface area contributed by atoms with Crippen molar-refractivity contribution in [1.29, 1.82) is 0 Å². The third kappa shape index (κ3) is 3.17. The number of aryl methyl sites for hydroxylation is 1. The summed E-state index contributed by atoms with van der Waals surface area (Å²) >= 11 is 0. The summed E-state index contributed by atoms with van der Waals surface area (Å²) in [7, 11) is -3.88. The summed E-state index contributed by atoms with van der Waals surface area (Å²) in [6.45, 7) is 3.59. The van der Waals surface area contributed by atoms with Crippen LogP contribution in [-0.2, 0) is 10.0 Å². The molecule has 1 aliphatic carbocycles. The highest BCUT2D eigenvalue weighted by Crippen LogP contribution is 2.22. The number of benzene rings is 1. The SMILES string of the molecule is Cc1cc(S(=O)(=O)NC(=O)NC2CC2)cc(N)c1C. The van der Waals surface area contributed by atoms with E-state index < -0.39 is 16.1 Å². The van der Waals surface area contributed by atoms with Gasteiger partial charge in [0.2, 0.25) is 0 Å². The molecule has 1 aliphatic rings. The van der Waals surface area contributed by atoms with Crippen molar-refractivity contribution in [3.8, 4) is 0 Å². The topological polar surface area (TPSA) is 101 Å². The van der Waals surface area contributed by atoms with E-state index in [1.807, 2.05) is 11.6 Å². The zero-order valence-electron chi connectivity index (χ0n) is 10.9. The van der Waals surface area contributed by atoms with Gasteiger partial charge in [-0.3, -0.25) is 0 Å². The summed E-state index contributed by atoms with van der Waals surface area (Å²) in [5.41, 5.74) is 7.74. The van der Waals surface area contributed by atoms with Crippen LogP contribution in [0, 0.1) is 13.8 Å². The average molecular weight is 283 g/mol. The van der Waals surface area contributed by atoms with Gasteiger partial charge < -0.3 is 11.1 Å². The van der Waals surface area contributed by atoms with E-state index in [9.17, 15) is 13.2 Å². The smallest absolute Gasteiger partial charge is 0.328 e. The van der Waals surface area contributed by atoms with Crippen molar-refractivity contribution in [2.24, 2.45) is 0 Å². The Labute approximate surface area is 112 Å². The molecule has 2 rings (SSSR count). The van der Waals surface area contributed by atoms with Crippen LogP contribution in [0.1, 0.15) is 24.0 Å². The molecular formula is C12H17N3O3S. The van der Waals surface area contributed by atoms with E-state index in [1.54, 1.807) is 6.92 Å². The molecule has 1 aromatic carbocycles. The lowest BCUT2D eigenvalue weighted by atomic mass is 10.1. The Morgan fingerprint density at radius 2 is 1.95 bits per heavy atom. The molecule has 0 aliphatic heterocycles. The molecule has 0 radical (unpaired) electrons. The Morgan fingerprint density at radius 1 is 1.32 bits per heavy atom. The normalized spacial score (nSPS) is 15.1. The lowest BCUT2D eigenvalue weighted by molar-refractivity contribution is 0.245. The second kappa shape index (κ2) is 4.73. The van der Waals surface area contributed by atoms with Gasteiger partial charge in [-0.15, -0.1) is 0 Å². The number of sulfonamides is 1. The number of hydrogen-bond acceptors (Lipinski definition) is 4. The highest BCUT2D eigenvalue weighted by Gasteiger charge is 2.26. The number of nitrogen functional groups attached to an aromatic ring is 1. The van der Waals surface area contributed by atoms with Crippen LogP contribution in [0.15, 0.2) is 17.0 Å². The molecular weight excluding hydrogens is 266 g/mol. The first-order valence-electron chi connectivity index (χ1n) is 5.99. The lowest BCUT2D eigenvalue weighted by Crippen LogP contribution is -2.40. The van der Waals surface area contributed by atoms with E-state index in [2.05, 4.69) is 5.32 Å². The van der Waals surface area contributed by atoms with Crippen molar-refractivity contribution in [1.82, 2.24) is 10.0 Å². The van der Waals surface area contributed by atoms with Crippen molar-refractivity contribution in [3.05, 3.63) is 23.3 Å². The Kier molecular flexibility index (Phi) is 3.40. The average Bonchev–Trinajstić information content (AvgIpc) is 3.08. The van der Waals surface area contributed by atoms with Crippen LogP contribution in [0.4, 0.5) is 10.5 Å². The van der Waals surface area contributed by atoms with Crippen LogP contribution in [-0.4, -0.2) is 20.5 Å². The zero-order chi connectivity index (χ0) is 14.2. The summed E-state index contributed by atoms with van der Waals surface area (Å²) < 4.78 is 26.0. The van der Waals surface area contributed by atoms with Crippen molar-refractivity contribution in [2.45, 2.75) is 37.6 Å². The van der Waals surface area contributed by atoms with Gasteiger partial charge in [-0.25, -0.2) is 17.9 Å². The number of nitrogens with two attached hydrogens (primary N) is 1. The van der Waals surface area contributed by atoms with Crippen LogP contribution in [0.3, 0.4) is 0 Å². The molecule has 1 aromatic rings. The molecule has 19 heavy (non-hydrogen) atoms. The van der Waals surface area contributed by atoms with Gasteiger partial charge in [-0.1, -0.05) is 0 Å². The number of anilines is 1. The molecule has 2 amide bonds. The Hall–Kier alpha value is -1.76. The van der Waals surface area contributed by atoms with Gasteiger partial charge in [0.1, 0.15) is 0 Å². The largest absolute Gasteiger partial charge is 0.398 e. The molecule has 4 N–H and O–H groups in total. The standard InChI is InChI=1S/C12H17N3O3S/c1-7-5-10(6-11(13)8(7)2)19(17,18)15-12(16)14-9-3-4-9/h5-6,9H,3-4,13H2,1-2H3,(H2,14,15,16). The van der Waals surface area contributed by atoms with Crippen LogP contribution in [0.25, 0.3) is 0 Å². The molecule has 0 atom stereocenters. The number of carbonyl (C=O) groups excluding carboxylic acids is 1. The number of hydrogen-bond donors (Lipinski definition) is 3. The predicted molar refractivity (Wildman–Crippen MR) is 72.2 cm³/mol. The van der Waals surface area contributed by atoms with E-state index in [0.29, 0.717) is 5.69 Å². The number of urea groups is 1. The van der Waals surface area contributed by atoms with Gasteiger partial charge in [-0.05, 0) is 49.9 Å². The molecule has 0 spiro atoms. The minimum Gasteiger partial charge on any atom is -0.398 e. The summed E-state index contributed by atoms with van der Waals surface area (Å²) in [5.74, 6) is 0. The second-order valence-corrected chi connectivity index (χ2v) is 6.49.